The first-order valence-corrected chi connectivity index (χ1v) is 7.83. The van der Waals surface area contributed by atoms with Crippen molar-refractivity contribution < 1.29 is 18.4 Å². The number of hydrogen-bond acceptors (Lipinski definition) is 3. The maximum Gasteiger partial charge on any atom is 0.255 e. The number of halogens is 1. The molecule has 128 valence electrons. The Morgan fingerprint density at radius 3 is 2.42 bits per heavy atom. The molecule has 24 heavy (non-hydrogen) atoms. The fourth-order valence-corrected chi connectivity index (χ4v) is 2.53. The van der Waals surface area contributed by atoms with Gasteiger partial charge in [-0.15, -0.1) is 0 Å². The van der Waals surface area contributed by atoms with Gasteiger partial charge in [0, 0.05) is 6.54 Å². The molecule has 2 amide bonds. The quantitative estimate of drug-likeness (QED) is 0.884. The van der Waals surface area contributed by atoms with E-state index in [1.165, 1.54) is 30.7 Å². The van der Waals surface area contributed by atoms with Gasteiger partial charge in [0.1, 0.15) is 18.1 Å². The molecule has 1 heterocycles. The first-order valence-electron chi connectivity index (χ1n) is 7.83. The van der Waals surface area contributed by atoms with Gasteiger partial charge >= 0.3 is 0 Å². The van der Waals surface area contributed by atoms with Gasteiger partial charge in [-0.3, -0.25) is 9.59 Å². The van der Waals surface area contributed by atoms with Crippen LogP contribution in [-0.4, -0.2) is 29.3 Å². The van der Waals surface area contributed by atoms with Crippen LogP contribution in [0, 0.1) is 5.82 Å². The maximum absolute atomic E-state index is 13.1. The van der Waals surface area contributed by atoms with Gasteiger partial charge in [0.25, 0.3) is 5.91 Å². The van der Waals surface area contributed by atoms with E-state index in [1.54, 1.807) is 24.0 Å². The standard InChI is InChI=1S/C18H21FN2O3/c1-4-21(13(3)14-5-7-16(19)8-6-14)18(23)12(2)20-17(22)15-9-10-24-11-15/h5-13H,4H2,1-3H3,(H,20,22)/t12-,13-/m0/s1. The number of hydrogen-bond donors (Lipinski definition) is 1. The molecular formula is C18H21FN2O3. The molecule has 0 saturated heterocycles. The summed E-state index contributed by atoms with van der Waals surface area (Å²) in [4.78, 5) is 26.3. The highest BCUT2D eigenvalue weighted by molar-refractivity contribution is 5.97. The van der Waals surface area contributed by atoms with Crippen molar-refractivity contribution in [1.29, 1.82) is 0 Å². The third-order valence-corrected chi connectivity index (χ3v) is 3.95. The van der Waals surface area contributed by atoms with E-state index < -0.39 is 6.04 Å². The molecule has 0 aliphatic heterocycles. The topological polar surface area (TPSA) is 62.6 Å². The summed E-state index contributed by atoms with van der Waals surface area (Å²) in [6.45, 7) is 5.85. The smallest absolute Gasteiger partial charge is 0.255 e. The van der Waals surface area contributed by atoms with E-state index in [9.17, 15) is 14.0 Å². The first-order chi connectivity index (χ1) is 11.4. The second-order valence-electron chi connectivity index (χ2n) is 5.56. The van der Waals surface area contributed by atoms with Crippen molar-refractivity contribution in [3.05, 3.63) is 59.8 Å². The molecule has 1 aromatic carbocycles. The number of likely N-dealkylation sites (N-methyl/N-ethyl adjacent to an activating group) is 1. The summed E-state index contributed by atoms with van der Waals surface area (Å²) in [6, 6.07) is 6.68. The molecular weight excluding hydrogens is 311 g/mol. The van der Waals surface area contributed by atoms with Gasteiger partial charge in [-0.1, -0.05) is 12.1 Å². The molecule has 0 radical (unpaired) electrons. The van der Waals surface area contributed by atoms with Gasteiger partial charge in [-0.2, -0.15) is 0 Å². The Morgan fingerprint density at radius 1 is 1.21 bits per heavy atom. The molecule has 1 N–H and O–H groups in total. The number of nitrogens with one attached hydrogen (secondary N) is 1. The fraction of sp³-hybridized carbons (Fsp3) is 0.333. The lowest BCUT2D eigenvalue weighted by molar-refractivity contribution is -0.134. The second-order valence-corrected chi connectivity index (χ2v) is 5.56. The molecule has 2 rings (SSSR count). The molecule has 6 heteroatoms. The average Bonchev–Trinajstić information content (AvgIpc) is 3.10. The normalized spacial score (nSPS) is 13.2. The number of benzene rings is 1. The predicted octanol–water partition coefficient (Wildman–Crippen LogP) is 3.15. The molecule has 2 aromatic rings. The summed E-state index contributed by atoms with van der Waals surface area (Å²) in [5, 5.41) is 2.66. The molecule has 0 unspecified atom stereocenters. The summed E-state index contributed by atoms with van der Waals surface area (Å²) in [6.07, 6.45) is 2.72. The van der Waals surface area contributed by atoms with Crippen molar-refractivity contribution in [2.75, 3.05) is 6.54 Å². The van der Waals surface area contributed by atoms with Crippen LogP contribution in [-0.2, 0) is 4.79 Å². The molecule has 0 bridgehead atoms. The fourth-order valence-electron chi connectivity index (χ4n) is 2.53. The van der Waals surface area contributed by atoms with Crippen LogP contribution >= 0.6 is 0 Å². The molecule has 0 spiro atoms. The Labute approximate surface area is 140 Å². The number of rotatable bonds is 6. The van der Waals surface area contributed by atoms with E-state index in [-0.39, 0.29) is 23.7 Å². The predicted molar refractivity (Wildman–Crippen MR) is 87.8 cm³/mol. The van der Waals surface area contributed by atoms with Crippen molar-refractivity contribution in [3.8, 4) is 0 Å². The minimum absolute atomic E-state index is 0.203. The number of carbonyl (C=O) groups is 2. The molecule has 0 aliphatic rings. The molecule has 5 nitrogen and oxygen atoms in total. The zero-order valence-electron chi connectivity index (χ0n) is 14.0. The monoisotopic (exact) mass is 332 g/mol. The Kier molecular flexibility index (Phi) is 5.73. The Morgan fingerprint density at radius 2 is 1.88 bits per heavy atom. The highest BCUT2D eigenvalue weighted by Gasteiger charge is 2.26. The molecule has 2 atom stereocenters. The summed E-state index contributed by atoms with van der Waals surface area (Å²) in [5.41, 5.74) is 1.20. The summed E-state index contributed by atoms with van der Waals surface area (Å²) in [5.74, 6) is -0.887. The van der Waals surface area contributed by atoms with Gasteiger partial charge in [0.15, 0.2) is 0 Å². The van der Waals surface area contributed by atoms with E-state index in [4.69, 9.17) is 4.42 Å². The van der Waals surface area contributed by atoms with E-state index in [0.29, 0.717) is 12.1 Å². The van der Waals surface area contributed by atoms with E-state index in [1.807, 2.05) is 13.8 Å². The highest BCUT2D eigenvalue weighted by Crippen LogP contribution is 2.21. The molecule has 1 aromatic heterocycles. The van der Waals surface area contributed by atoms with Crippen molar-refractivity contribution in [3.63, 3.8) is 0 Å². The van der Waals surface area contributed by atoms with Crippen LogP contribution in [0.5, 0.6) is 0 Å². The largest absolute Gasteiger partial charge is 0.472 e. The maximum atomic E-state index is 13.1. The van der Waals surface area contributed by atoms with Gasteiger partial charge < -0.3 is 14.6 Å². The third-order valence-electron chi connectivity index (χ3n) is 3.95. The van der Waals surface area contributed by atoms with Crippen LogP contribution in [0.1, 0.15) is 42.7 Å². The summed E-state index contributed by atoms with van der Waals surface area (Å²) in [7, 11) is 0. The molecule has 0 saturated carbocycles. The molecule has 0 fully saturated rings. The van der Waals surface area contributed by atoms with E-state index in [0.717, 1.165) is 5.56 Å². The SMILES string of the molecule is CCN(C(=O)[C@H](C)NC(=O)c1ccoc1)[C@@H](C)c1ccc(F)cc1. The lowest BCUT2D eigenvalue weighted by Crippen LogP contribution is -2.47. The van der Waals surface area contributed by atoms with Crippen molar-refractivity contribution in [2.45, 2.75) is 32.9 Å². The summed E-state index contributed by atoms with van der Waals surface area (Å²) >= 11 is 0. The van der Waals surface area contributed by atoms with Gasteiger partial charge in [-0.05, 0) is 44.5 Å². The second kappa shape index (κ2) is 7.77. The lowest BCUT2D eigenvalue weighted by atomic mass is 10.1. The first kappa shape index (κ1) is 17.7. The van der Waals surface area contributed by atoms with Crippen LogP contribution in [0.15, 0.2) is 47.3 Å². The zero-order valence-corrected chi connectivity index (χ0v) is 14.0. The van der Waals surface area contributed by atoms with Crippen LogP contribution in [0.2, 0.25) is 0 Å². The van der Waals surface area contributed by atoms with Crippen LogP contribution < -0.4 is 5.32 Å². The zero-order chi connectivity index (χ0) is 17.7. The molecule has 0 aliphatic carbocycles. The van der Waals surface area contributed by atoms with Gasteiger partial charge in [0.05, 0.1) is 17.9 Å². The minimum Gasteiger partial charge on any atom is -0.472 e. The highest BCUT2D eigenvalue weighted by atomic mass is 19.1. The van der Waals surface area contributed by atoms with E-state index in [2.05, 4.69) is 5.32 Å². The third kappa shape index (κ3) is 4.01. The average molecular weight is 332 g/mol. The van der Waals surface area contributed by atoms with Crippen molar-refractivity contribution >= 4 is 11.8 Å². The Bertz CT molecular complexity index is 683. The Hall–Kier alpha value is -2.63. The Balaban J connectivity index is 2.06. The van der Waals surface area contributed by atoms with Gasteiger partial charge in [-0.25, -0.2) is 4.39 Å². The minimum atomic E-state index is -0.685. The van der Waals surface area contributed by atoms with Crippen molar-refractivity contribution in [1.82, 2.24) is 10.2 Å². The van der Waals surface area contributed by atoms with Crippen molar-refractivity contribution in [2.24, 2.45) is 0 Å². The number of amides is 2. The van der Waals surface area contributed by atoms with Crippen LogP contribution in [0.25, 0.3) is 0 Å². The number of furan rings is 1. The van der Waals surface area contributed by atoms with E-state index >= 15 is 0 Å². The summed E-state index contributed by atoms with van der Waals surface area (Å²) < 4.78 is 17.9. The van der Waals surface area contributed by atoms with Gasteiger partial charge in [0.2, 0.25) is 5.91 Å². The number of nitrogens with zero attached hydrogens (tertiary/aromatic N) is 1. The van der Waals surface area contributed by atoms with Crippen LogP contribution in [0.3, 0.4) is 0 Å². The number of carbonyl (C=O) groups excluding carboxylic acids is 2. The van der Waals surface area contributed by atoms with Crippen LogP contribution in [0.4, 0.5) is 4.39 Å². The lowest BCUT2D eigenvalue weighted by Gasteiger charge is -2.31.